The lowest BCUT2D eigenvalue weighted by molar-refractivity contribution is -0.115. The van der Waals surface area contributed by atoms with Crippen molar-refractivity contribution in [2.24, 2.45) is 0 Å². The monoisotopic (exact) mass is 346 g/mol. The number of thioether (sulfide) groups is 1. The topological polar surface area (TPSA) is 78.3 Å². The number of hydrogen-bond donors (Lipinski definition) is 1. The summed E-state index contributed by atoms with van der Waals surface area (Å²) in [5.74, 6) is 1.29. The number of fused-ring (bicyclic) bond motifs is 1. The second-order valence-corrected chi connectivity index (χ2v) is 7.17. The van der Waals surface area contributed by atoms with E-state index in [1.165, 1.54) is 11.8 Å². The molecule has 0 unspecified atom stereocenters. The van der Waals surface area contributed by atoms with Gasteiger partial charge in [0.2, 0.25) is 5.91 Å². The van der Waals surface area contributed by atoms with Crippen LogP contribution in [0.2, 0.25) is 0 Å². The third kappa shape index (κ3) is 3.19. The van der Waals surface area contributed by atoms with Crippen molar-refractivity contribution in [3.63, 3.8) is 0 Å². The van der Waals surface area contributed by atoms with Gasteiger partial charge in [-0.2, -0.15) is 0 Å². The third-order valence-corrected chi connectivity index (χ3v) is 5.01. The average molecular weight is 346 g/mol. The van der Waals surface area contributed by atoms with Crippen LogP contribution >= 0.6 is 11.8 Å². The first-order valence-corrected chi connectivity index (χ1v) is 8.85. The van der Waals surface area contributed by atoms with Gasteiger partial charge in [-0.1, -0.05) is 11.8 Å². The van der Waals surface area contributed by atoms with E-state index < -0.39 is 0 Å². The maximum absolute atomic E-state index is 12.4. The molecule has 0 bridgehead atoms. The van der Waals surface area contributed by atoms with Crippen molar-refractivity contribution >= 4 is 23.4 Å². The maximum atomic E-state index is 12.4. The van der Waals surface area contributed by atoms with Gasteiger partial charge in [0.25, 0.3) is 0 Å². The highest BCUT2D eigenvalue weighted by Gasteiger charge is 2.28. The number of rotatable bonds is 5. The molecule has 1 saturated carbocycles. The molecule has 1 aromatic heterocycles. The zero-order chi connectivity index (χ0) is 16.5. The number of amides is 1. The fourth-order valence-electron chi connectivity index (χ4n) is 2.50. The Bertz CT molecular complexity index is 760. The number of nitrogens with zero attached hydrogens (tertiary/aromatic N) is 3. The van der Waals surface area contributed by atoms with Gasteiger partial charge in [-0.05, 0) is 31.9 Å². The minimum absolute atomic E-state index is 0.0815. The van der Waals surface area contributed by atoms with Crippen LogP contribution in [0, 0.1) is 0 Å². The Balaban J connectivity index is 1.41. The van der Waals surface area contributed by atoms with Crippen molar-refractivity contribution in [3.05, 3.63) is 24.5 Å². The summed E-state index contributed by atoms with van der Waals surface area (Å²) in [5, 5.41) is 11.5. The molecule has 0 radical (unpaired) electrons. The Hall–Kier alpha value is -2.22. The quantitative estimate of drug-likeness (QED) is 0.838. The van der Waals surface area contributed by atoms with Crippen molar-refractivity contribution in [2.75, 3.05) is 18.5 Å². The molecule has 1 aliphatic carbocycles. The smallest absolute Gasteiger partial charge is 0.237 e. The number of aromatic nitrogens is 3. The molecule has 1 aliphatic heterocycles. The van der Waals surface area contributed by atoms with Crippen molar-refractivity contribution in [1.29, 1.82) is 0 Å². The average Bonchev–Trinajstić information content (AvgIpc) is 3.34. The van der Waals surface area contributed by atoms with Gasteiger partial charge in [0.05, 0.1) is 5.25 Å². The van der Waals surface area contributed by atoms with Gasteiger partial charge in [-0.25, -0.2) is 0 Å². The minimum Gasteiger partial charge on any atom is -0.486 e. The van der Waals surface area contributed by atoms with Crippen molar-refractivity contribution < 1.29 is 14.3 Å². The van der Waals surface area contributed by atoms with Crippen LogP contribution in [0.5, 0.6) is 11.5 Å². The van der Waals surface area contributed by atoms with E-state index in [-0.39, 0.29) is 11.2 Å². The molecule has 2 aromatic rings. The summed E-state index contributed by atoms with van der Waals surface area (Å²) in [7, 11) is 0. The predicted molar refractivity (Wildman–Crippen MR) is 89.7 cm³/mol. The summed E-state index contributed by atoms with van der Waals surface area (Å²) >= 11 is 1.42. The van der Waals surface area contributed by atoms with Gasteiger partial charge in [-0.3, -0.25) is 4.79 Å². The van der Waals surface area contributed by atoms with E-state index in [1.54, 1.807) is 12.4 Å². The molecular formula is C16H18N4O3S. The molecule has 1 aromatic carbocycles. The van der Waals surface area contributed by atoms with Crippen LogP contribution in [0.4, 0.5) is 5.69 Å². The lowest BCUT2D eigenvalue weighted by Gasteiger charge is -2.19. The number of benzene rings is 1. The Labute approximate surface area is 143 Å². The summed E-state index contributed by atoms with van der Waals surface area (Å²) in [5.41, 5.74) is 0.695. The molecule has 0 saturated heterocycles. The highest BCUT2D eigenvalue weighted by molar-refractivity contribution is 8.00. The van der Waals surface area contributed by atoms with Gasteiger partial charge in [0, 0.05) is 17.8 Å². The Morgan fingerprint density at radius 1 is 1.33 bits per heavy atom. The number of anilines is 1. The highest BCUT2D eigenvalue weighted by atomic mass is 32.2. The fourth-order valence-corrected chi connectivity index (χ4v) is 3.39. The Kier molecular flexibility index (Phi) is 4.05. The van der Waals surface area contributed by atoms with E-state index in [0.717, 1.165) is 18.0 Å². The van der Waals surface area contributed by atoms with Crippen molar-refractivity contribution in [1.82, 2.24) is 14.8 Å². The molecule has 1 fully saturated rings. The van der Waals surface area contributed by atoms with Gasteiger partial charge >= 0.3 is 0 Å². The van der Waals surface area contributed by atoms with E-state index >= 15 is 0 Å². The van der Waals surface area contributed by atoms with Gasteiger partial charge in [0.1, 0.15) is 19.5 Å². The van der Waals surface area contributed by atoms with Crippen molar-refractivity contribution in [3.8, 4) is 11.5 Å². The van der Waals surface area contributed by atoms with Crippen LogP contribution in [0.15, 0.2) is 29.7 Å². The number of carbonyl (C=O) groups excluding carboxylic acids is 1. The highest BCUT2D eigenvalue weighted by Crippen LogP contribution is 2.38. The third-order valence-electron chi connectivity index (χ3n) is 3.94. The first-order valence-electron chi connectivity index (χ1n) is 7.97. The zero-order valence-corrected chi connectivity index (χ0v) is 14.1. The summed E-state index contributed by atoms with van der Waals surface area (Å²) in [4.78, 5) is 12.4. The lowest BCUT2D eigenvalue weighted by atomic mass is 10.2. The summed E-state index contributed by atoms with van der Waals surface area (Å²) in [6.07, 6.45) is 4.05. The number of ether oxygens (including phenoxy) is 2. The summed E-state index contributed by atoms with van der Waals surface area (Å²) in [6.45, 7) is 2.94. The van der Waals surface area contributed by atoms with E-state index in [2.05, 4.69) is 20.1 Å². The predicted octanol–water partition coefficient (Wildman–Crippen LogP) is 2.50. The minimum atomic E-state index is -0.278. The Morgan fingerprint density at radius 2 is 2.12 bits per heavy atom. The molecule has 1 N–H and O–H groups in total. The maximum Gasteiger partial charge on any atom is 0.237 e. The van der Waals surface area contributed by atoms with E-state index in [1.807, 2.05) is 19.1 Å². The molecule has 8 heteroatoms. The number of nitrogens with one attached hydrogen (secondary N) is 1. The first-order chi connectivity index (χ1) is 11.7. The molecule has 2 heterocycles. The molecule has 1 atom stereocenters. The molecule has 2 aliphatic rings. The van der Waals surface area contributed by atoms with Crippen LogP contribution in [0.1, 0.15) is 25.8 Å². The molecule has 7 nitrogen and oxygen atoms in total. The molecular weight excluding hydrogens is 328 g/mol. The van der Waals surface area contributed by atoms with Gasteiger partial charge < -0.3 is 19.4 Å². The largest absolute Gasteiger partial charge is 0.486 e. The fraction of sp³-hybridized carbons (Fsp3) is 0.438. The standard InChI is InChI=1S/C16H18N4O3S/c1-10(24-16-19-17-9-20(16)12-3-4-12)15(21)18-11-2-5-13-14(8-11)23-7-6-22-13/h2,5,8-10,12H,3-4,6-7H2,1H3,(H,18,21)/t10-/m1/s1. The van der Waals surface area contributed by atoms with Crippen LogP contribution < -0.4 is 14.8 Å². The zero-order valence-electron chi connectivity index (χ0n) is 13.3. The summed E-state index contributed by atoms with van der Waals surface area (Å²) < 4.78 is 13.1. The van der Waals surface area contributed by atoms with E-state index in [4.69, 9.17) is 9.47 Å². The molecule has 0 spiro atoms. The molecule has 4 rings (SSSR count). The van der Waals surface area contributed by atoms with Crippen molar-refractivity contribution in [2.45, 2.75) is 36.2 Å². The van der Waals surface area contributed by atoms with Gasteiger partial charge in [0.15, 0.2) is 16.7 Å². The van der Waals surface area contributed by atoms with Gasteiger partial charge in [-0.15, -0.1) is 10.2 Å². The van der Waals surface area contributed by atoms with Crippen LogP contribution in [-0.4, -0.2) is 39.1 Å². The normalized spacial score (nSPS) is 17.4. The first kappa shape index (κ1) is 15.3. The second-order valence-electron chi connectivity index (χ2n) is 5.86. The number of hydrogen-bond acceptors (Lipinski definition) is 6. The SMILES string of the molecule is C[C@@H](Sc1nncn1C1CC1)C(=O)Nc1ccc2c(c1)OCCO2. The molecule has 126 valence electrons. The Morgan fingerprint density at radius 3 is 2.92 bits per heavy atom. The second kappa shape index (κ2) is 6.35. The molecule has 1 amide bonds. The van der Waals surface area contributed by atoms with Crippen LogP contribution in [-0.2, 0) is 4.79 Å². The lowest BCUT2D eigenvalue weighted by Crippen LogP contribution is -2.23. The number of carbonyl (C=O) groups is 1. The van der Waals surface area contributed by atoms with Crippen LogP contribution in [0.3, 0.4) is 0 Å². The van der Waals surface area contributed by atoms with E-state index in [0.29, 0.717) is 36.4 Å². The molecule has 24 heavy (non-hydrogen) atoms. The van der Waals surface area contributed by atoms with E-state index in [9.17, 15) is 4.79 Å². The van der Waals surface area contributed by atoms with Crippen LogP contribution in [0.25, 0.3) is 0 Å². The summed E-state index contributed by atoms with van der Waals surface area (Å²) in [6, 6.07) is 5.91.